The molecule has 4 heterocycles. The smallest absolute Gasteiger partial charge is 0.180 e. The summed E-state index contributed by atoms with van der Waals surface area (Å²) < 4.78 is 0. The van der Waals surface area contributed by atoms with Crippen molar-refractivity contribution in [2.75, 3.05) is 18.5 Å². The molecule has 0 aliphatic heterocycles. The average molecular weight is 413 g/mol. The number of nitrogens with one attached hydrogen (secondary N) is 1. The summed E-state index contributed by atoms with van der Waals surface area (Å²) in [4.78, 5) is 33.1. The van der Waals surface area contributed by atoms with Gasteiger partial charge < -0.3 is 4.90 Å². The number of likely N-dealkylation sites (N-methyl/N-ethyl adjacent to an activating group) is 1. The molecule has 0 saturated heterocycles. The number of carbonyl (C=O) groups is 1. The first kappa shape index (κ1) is 19.3. The lowest BCUT2D eigenvalue weighted by molar-refractivity contribution is -0.117. The summed E-state index contributed by atoms with van der Waals surface area (Å²) in [5, 5.41) is 7.93. The van der Waals surface area contributed by atoms with Crippen LogP contribution in [-0.4, -0.2) is 49.5 Å². The number of fused-ring (bicyclic) bond motifs is 2. The first-order valence-corrected chi connectivity index (χ1v) is 10.4. The fourth-order valence-corrected chi connectivity index (χ4v) is 4.03. The molecule has 0 unspecified atom stereocenters. The minimum Gasteiger partial charge on any atom is -0.352 e. The number of nitrogens with zero attached hydrogens (tertiary/aromatic N) is 6. The molecule has 1 aliphatic carbocycles. The Balaban J connectivity index is 1.42. The molecule has 1 aliphatic rings. The van der Waals surface area contributed by atoms with Crippen LogP contribution in [0.3, 0.4) is 0 Å². The second-order valence-electron chi connectivity index (χ2n) is 8.06. The van der Waals surface area contributed by atoms with E-state index in [0.717, 1.165) is 58.5 Å². The monoisotopic (exact) mass is 413 g/mol. The van der Waals surface area contributed by atoms with Gasteiger partial charge in [-0.1, -0.05) is 6.07 Å². The Labute approximate surface area is 179 Å². The Kier molecular flexibility index (Phi) is 4.89. The first-order valence-electron chi connectivity index (χ1n) is 10.4. The van der Waals surface area contributed by atoms with E-state index in [2.05, 4.69) is 20.2 Å². The number of ketones is 1. The van der Waals surface area contributed by atoms with Gasteiger partial charge in [-0.25, -0.2) is 9.97 Å². The molecule has 0 amide bonds. The average Bonchev–Trinajstić information content (AvgIpc) is 3.43. The number of aromatic amines is 1. The third-order valence-corrected chi connectivity index (χ3v) is 5.61. The third-order valence-electron chi connectivity index (χ3n) is 5.61. The number of rotatable bonds is 6. The van der Waals surface area contributed by atoms with Crippen molar-refractivity contribution in [3.63, 3.8) is 0 Å². The topological polar surface area (TPSA) is 101 Å². The second kappa shape index (κ2) is 7.86. The molecule has 4 aromatic rings. The van der Waals surface area contributed by atoms with Gasteiger partial charge in [0.1, 0.15) is 11.5 Å². The molecule has 0 spiro atoms. The zero-order valence-corrected chi connectivity index (χ0v) is 17.6. The van der Waals surface area contributed by atoms with Gasteiger partial charge >= 0.3 is 0 Å². The number of aryl methyl sites for hydroxylation is 2. The van der Waals surface area contributed by atoms with Crippen molar-refractivity contribution in [2.24, 2.45) is 0 Å². The maximum absolute atomic E-state index is 12.7. The number of H-pyrrole nitrogens is 1. The van der Waals surface area contributed by atoms with Crippen LogP contribution in [0.1, 0.15) is 28.9 Å². The molecule has 156 valence electrons. The van der Waals surface area contributed by atoms with Crippen molar-refractivity contribution >= 4 is 22.5 Å². The number of pyridine rings is 2. The summed E-state index contributed by atoms with van der Waals surface area (Å²) in [6.07, 6.45) is 8.53. The summed E-state index contributed by atoms with van der Waals surface area (Å²) in [6, 6.07) is 5.83. The lowest BCUT2D eigenvalue weighted by atomic mass is 10.1. The molecule has 0 radical (unpaired) electrons. The Morgan fingerprint density at radius 2 is 2.03 bits per heavy atom. The Morgan fingerprint density at radius 1 is 1.13 bits per heavy atom. The highest BCUT2D eigenvalue weighted by Crippen LogP contribution is 2.31. The van der Waals surface area contributed by atoms with E-state index in [4.69, 9.17) is 9.97 Å². The molecule has 0 bridgehead atoms. The van der Waals surface area contributed by atoms with Crippen molar-refractivity contribution in [1.82, 2.24) is 30.1 Å². The fraction of sp³-hybridized carbons (Fsp3) is 0.304. The van der Waals surface area contributed by atoms with Crippen LogP contribution in [0.5, 0.6) is 0 Å². The van der Waals surface area contributed by atoms with Gasteiger partial charge in [-0.2, -0.15) is 5.10 Å². The zero-order valence-electron chi connectivity index (χ0n) is 17.6. The normalized spacial score (nSPS) is 12.8. The highest BCUT2D eigenvalue weighted by molar-refractivity contribution is 5.85. The first-order chi connectivity index (χ1) is 15.1. The van der Waals surface area contributed by atoms with Gasteiger partial charge in [0.05, 0.1) is 24.5 Å². The van der Waals surface area contributed by atoms with E-state index in [-0.39, 0.29) is 12.3 Å². The fourth-order valence-electron chi connectivity index (χ4n) is 4.03. The number of hydrogen-bond donors (Lipinski definition) is 1. The Hall–Kier alpha value is -3.68. The summed E-state index contributed by atoms with van der Waals surface area (Å²) in [5.41, 5.74) is 5.64. The van der Waals surface area contributed by atoms with Crippen LogP contribution in [0.4, 0.5) is 5.82 Å². The highest BCUT2D eigenvalue weighted by atomic mass is 16.1. The van der Waals surface area contributed by atoms with E-state index in [1.807, 2.05) is 37.1 Å². The predicted molar refractivity (Wildman–Crippen MR) is 118 cm³/mol. The van der Waals surface area contributed by atoms with Crippen LogP contribution in [0.2, 0.25) is 0 Å². The molecular weight excluding hydrogens is 390 g/mol. The summed E-state index contributed by atoms with van der Waals surface area (Å²) in [5.74, 6) is 1.53. The summed E-state index contributed by atoms with van der Waals surface area (Å²) >= 11 is 0. The van der Waals surface area contributed by atoms with Gasteiger partial charge in [0.2, 0.25) is 0 Å². The van der Waals surface area contributed by atoms with Crippen LogP contribution in [0.25, 0.3) is 22.4 Å². The van der Waals surface area contributed by atoms with Gasteiger partial charge in [0, 0.05) is 42.0 Å². The second-order valence-corrected chi connectivity index (χ2v) is 8.06. The molecule has 31 heavy (non-hydrogen) atoms. The van der Waals surface area contributed by atoms with Gasteiger partial charge in [0.15, 0.2) is 11.6 Å². The van der Waals surface area contributed by atoms with Crippen LogP contribution in [-0.2, 0) is 24.1 Å². The molecule has 4 aromatic heterocycles. The summed E-state index contributed by atoms with van der Waals surface area (Å²) in [6.45, 7) is 2.22. The lowest BCUT2D eigenvalue weighted by Gasteiger charge is -2.21. The van der Waals surface area contributed by atoms with Crippen molar-refractivity contribution in [3.8, 4) is 11.5 Å². The molecule has 0 aromatic carbocycles. The van der Waals surface area contributed by atoms with Crippen molar-refractivity contribution in [1.29, 1.82) is 0 Å². The highest BCUT2D eigenvalue weighted by Gasteiger charge is 2.23. The third kappa shape index (κ3) is 3.88. The maximum Gasteiger partial charge on any atom is 0.180 e. The van der Waals surface area contributed by atoms with E-state index in [0.29, 0.717) is 17.9 Å². The van der Waals surface area contributed by atoms with Crippen molar-refractivity contribution in [3.05, 3.63) is 59.3 Å². The zero-order chi connectivity index (χ0) is 21.4. The van der Waals surface area contributed by atoms with Gasteiger partial charge in [-0.15, -0.1) is 0 Å². The number of aromatic nitrogens is 6. The number of anilines is 1. The SMILES string of the molecule is Cc1ccc(CC(=O)CN(C)c2nc(-c3cc4cn[nH]c4cn3)nc3c2CCC3)cn1. The quantitative estimate of drug-likeness (QED) is 0.519. The van der Waals surface area contributed by atoms with E-state index >= 15 is 0 Å². The van der Waals surface area contributed by atoms with Crippen LogP contribution >= 0.6 is 0 Å². The number of hydrogen-bond acceptors (Lipinski definition) is 7. The van der Waals surface area contributed by atoms with Crippen LogP contribution in [0.15, 0.2) is 36.8 Å². The molecule has 1 N–H and O–H groups in total. The van der Waals surface area contributed by atoms with E-state index in [1.165, 1.54) is 0 Å². The Bertz CT molecular complexity index is 1260. The molecule has 5 rings (SSSR count). The molecule has 0 saturated carbocycles. The largest absolute Gasteiger partial charge is 0.352 e. The molecule has 8 nitrogen and oxygen atoms in total. The summed E-state index contributed by atoms with van der Waals surface area (Å²) in [7, 11) is 1.92. The standard InChI is InChI=1S/C23H23N7O/c1-14-6-7-15(10-24-14)8-17(31)13-30(2)23-18-4-3-5-19(18)27-22(28-23)20-9-16-11-26-29-21(16)12-25-20/h6-7,9-12H,3-5,8,13H2,1-2H3,(H,26,29). The molecular formula is C23H23N7O. The van der Waals surface area contributed by atoms with Gasteiger partial charge in [-0.3, -0.25) is 19.9 Å². The van der Waals surface area contributed by atoms with Gasteiger partial charge in [-0.05, 0) is 43.9 Å². The van der Waals surface area contributed by atoms with Crippen molar-refractivity contribution in [2.45, 2.75) is 32.6 Å². The minimum absolute atomic E-state index is 0.123. The van der Waals surface area contributed by atoms with Crippen LogP contribution < -0.4 is 4.90 Å². The maximum atomic E-state index is 12.7. The van der Waals surface area contributed by atoms with E-state index in [9.17, 15) is 4.79 Å². The van der Waals surface area contributed by atoms with Gasteiger partial charge in [0.25, 0.3) is 0 Å². The van der Waals surface area contributed by atoms with Crippen LogP contribution in [0, 0.1) is 6.92 Å². The minimum atomic E-state index is 0.123. The van der Waals surface area contributed by atoms with E-state index < -0.39 is 0 Å². The molecule has 8 heteroatoms. The predicted octanol–water partition coefficient (Wildman–Crippen LogP) is 2.86. The lowest BCUT2D eigenvalue weighted by Crippen LogP contribution is -2.28. The molecule has 0 atom stereocenters. The molecule has 0 fully saturated rings. The number of carbonyl (C=O) groups excluding carboxylic acids is 1. The van der Waals surface area contributed by atoms with E-state index in [1.54, 1.807) is 18.6 Å². The number of Topliss-reactive ketones (excluding diaryl/α,β-unsaturated/α-hetero) is 1. The van der Waals surface area contributed by atoms with Crippen molar-refractivity contribution < 1.29 is 4.79 Å². The Morgan fingerprint density at radius 3 is 2.87 bits per heavy atom.